The molecule has 0 spiro atoms. The lowest BCUT2D eigenvalue weighted by molar-refractivity contribution is 0.0974. The number of hydrogen-bond acceptors (Lipinski definition) is 4. The van der Waals surface area contributed by atoms with E-state index in [0.29, 0.717) is 23.5 Å². The van der Waals surface area contributed by atoms with E-state index in [2.05, 4.69) is 22.5 Å². The van der Waals surface area contributed by atoms with Crippen LogP contribution < -0.4 is 15.0 Å². The largest absolute Gasteiger partial charge is 0.495 e. The minimum atomic E-state index is -0.414. The van der Waals surface area contributed by atoms with Crippen LogP contribution in [0.2, 0.25) is 0 Å². The molecule has 31 heavy (non-hydrogen) atoms. The third-order valence-corrected chi connectivity index (χ3v) is 5.43. The van der Waals surface area contributed by atoms with Crippen LogP contribution in [0.25, 0.3) is 0 Å². The molecule has 6 heteroatoms. The first-order chi connectivity index (χ1) is 15.2. The highest BCUT2D eigenvalue weighted by Crippen LogP contribution is 2.40. The summed E-state index contributed by atoms with van der Waals surface area (Å²) in [7, 11) is 1.61. The number of anilines is 2. The van der Waals surface area contributed by atoms with Crippen LogP contribution in [0.3, 0.4) is 0 Å². The van der Waals surface area contributed by atoms with Gasteiger partial charge in [0, 0.05) is 17.4 Å². The lowest BCUT2D eigenvalue weighted by Gasteiger charge is -2.38. The van der Waals surface area contributed by atoms with Crippen LogP contribution in [0.4, 0.5) is 11.4 Å². The molecule has 0 saturated carbocycles. The topological polar surface area (TPSA) is 59.4 Å². The average Bonchev–Trinajstić information content (AvgIpc) is 3.28. The SMILES string of the molecule is COc1ccccc1N1C(=O)c2ccccc2N[C@@H]1c1cnn(Cc2ccccc2)c1. The minimum absolute atomic E-state index is 0.0836. The zero-order chi connectivity index (χ0) is 21.2. The van der Waals surface area contributed by atoms with Crippen molar-refractivity contribution in [3.8, 4) is 5.75 Å². The van der Waals surface area contributed by atoms with E-state index in [0.717, 1.165) is 16.8 Å². The first-order valence-corrected chi connectivity index (χ1v) is 10.1. The molecule has 0 saturated heterocycles. The van der Waals surface area contributed by atoms with E-state index in [9.17, 15) is 4.79 Å². The minimum Gasteiger partial charge on any atom is -0.495 e. The summed E-state index contributed by atoms with van der Waals surface area (Å²) in [6.45, 7) is 0.659. The molecule has 3 aromatic carbocycles. The fraction of sp³-hybridized carbons (Fsp3) is 0.120. The standard InChI is InChI=1S/C25H22N4O2/c1-31-23-14-8-7-13-22(23)29-24(27-21-12-6-5-11-20(21)25(29)30)19-15-26-28(17-19)16-18-9-3-2-4-10-18/h2-15,17,24,27H,16H2,1H3/t24-/m0/s1. The molecule has 1 N–H and O–H groups in total. The van der Waals surface area contributed by atoms with Crippen molar-refractivity contribution in [1.82, 2.24) is 9.78 Å². The van der Waals surface area contributed by atoms with Crippen LogP contribution in [-0.4, -0.2) is 22.8 Å². The third-order valence-electron chi connectivity index (χ3n) is 5.43. The number of ether oxygens (including phenoxy) is 1. The summed E-state index contributed by atoms with van der Waals surface area (Å²) < 4.78 is 7.45. The zero-order valence-electron chi connectivity index (χ0n) is 17.1. The Balaban J connectivity index is 1.56. The Labute approximate surface area is 180 Å². The van der Waals surface area contributed by atoms with Crippen LogP contribution in [0.15, 0.2) is 91.3 Å². The maximum absolute atomic E-state index is 13.6. The van der Waals surface area contributed by atoms with Gasteiger partial charge in [-0.15, -0.1) is 0 Å². The van der Waals surface area contributed by atoms with Crippen molar-refractivity contribution < 1.29 is 9.53 Å². The van der Waals surface area contributed by atoms with E-state index in [1.165, 1.54) is 0 Å². The van der Waals surface area contributed by atoms with Crippen molar-refractivity contribution in [2.24, 2.45) is 0 Å². The Bertz CT molecular complexity index is 1220. The van der Waals surface area contributed by atoms with Crippen LogP contribution in [-0.2, 0) is 6.54 Å². The Kier molecular flexibility index (Phi) is 4.88. The summed E-state index contributed by atoms with van der Waals surface area (Å²) in [6, 6.07) is 25.3. The van der Waals surface area contributed by atoms with Gasteiger partial charge in [-0.05, 0) is 29.8 Å². The molecule has 0 fully saturated rings. The van der Waals surface area contributed by atoms with Gasteiger partial charge in [-0.1, -0.05) is 54.6 Å². The van der Waals surface area contributed by atoms with Crippen molar-refractivity contribution in [3.63, 3.8) is 0 Å². The van der Waals surface area contributed by atoms with E-state index in [1.54, 1.807) is 12.0 Å². The van der Waals surface area contributed by atoms with E-state index in [4.69, 9.17) is 4.74 Å². The van der Waals surface area contributed by atoms with Gasteiger partial charge in [0.05, 0.1) is 31.1 Å². The third kappa shape index (κ3) is 3.53. The molecule has 0 bridgehead atoms. The number of nitrogens with one attached hydrogen (secondary N) is 1. The first-order valence-electron chi connectivity index (χ1n) is 10.1. The smallest absolute Gasteiger partial charge is 0.262 e. The summed E-state index contributed by atoms with van der Waals surface area (Å²) >= 11 is 0. The Hall–Kier alpha value is -4.06. The molecular formula is C25H22N4O2. The summed E-state index contributed by atoms with van der Waals surface area (Å²) in [5, 5.41) is 8.06. The summed E-state index contributed by atoms with van der Waals surface area (Å²) in [6.07, 6.45) is 3.38. The predicted molar refractivity (Wildman–Crippen MR) is 120 cm³/mol. The number of carbonyl (C=O) groups is 1. The monoisotopic (exact) mass is 410 g/mol. The van der Waals surface area contributed by atoms with E-state index < -0.39 is 6.17 Å². The van der Waals surface area contributed by atoms with Gasteiger partial charge in [0.2, 0.25) is 0 Å². The van der Waals surface area contributed by atoms with Crippen molar-refractivity contribution in [1.29, 1.82) is 0 Å². The normalized spacial score (nSPS) is 15.3. The highest BCUT2D eigenvalue weighted by Gasteiger charge is 2.36. The number of rotatable bonds is 5. The van der Waals surface area contributed by atoms with Gasteiger partial charge >= 0.3 is 0 Å². The highest BCUT2D eigenvalue weighted by molar-refractivity contribution is 6.12. The predicted octanol–water partition coefficient (Wildman–Crippen LogP) is 4.71. The van der Waals surface area contributed by atoms with Crippen molar-refractivity contribution >= 4 is 17.3 Å². The lowest BCUT2D eigenvalue weighted by Crippen LogP contribution is -2.43. The van der Waals surface area contributed by atoms with Gasteiger partial charge in [-0.25, -0.2) is 0 Å². The van der Waals surface area contributed by atoms with Crippen molar-refractivity contribution in [2.45, 2.75) is 12.7 Å². The van der Waals surface area contributed by atoms with Gasteiger partial charge in [-0.2, -0.15) is 5.10 Å². The molecule has 1 atom stereocenters. The number of nitrogens with zero attached hydrogens (tertiary/aromatic N) is 3. The number of amides is 1. The Morgan fingerprint density at radius 3 is 2.55 bits per heavy atom. The summed E-state index contributed by atoms with van der Waals surface area (Å²) in [4.78, 5) is 15.3. The van der Waals surface area contributed by atoms with Crippen LogP contribution in [0.1, 0.15) is 27.7 Å². The number of aromatic nitrogens is 2. The molecule has 0 unspecified atom stereocenters. The molecule has 1 amide bonds. The van der Waals surface area contributed by atoms with Gasteiger partial charge < -0.3 is 10.1 Å². The van der Waals surface area contributed by atoms with E-state index >= 15 is 0 Å². The molecule has 0 radical (unpaired) electrons. The van der Waals surface area contributed by atoms with Crippen molar-refractivity contribution in [2.75, 3.05) is 17.3 Å². The fourth-order valence-corrected chi connectivity index (χ4v) is 3.94. The average molecular weight is 410 g/mol. The molecule has 4 aromatic rings. The molecule has 2 heterocycles. The van der Waals surface area contributed by atoms with Crippen molar-refractivity contribution in [3.05, 3.63) is 108 Å². The van der Waals surface area contributed by atoms with Crippen LogP contribution >= 0.6 is 0 Å². The van der Waals surface area contributed by atoms with Gasteiger partial charge in [0.25, 0.3) is 5.91 Å². The lowest BCUT2D eigenvalue weighted by atomic mass is 10.0. The number of methoxy groups -OCH3 is 1. The van der Waals surface area contributed by atoms with Gasteiger partial charge in [0.15, 0.2) is 0 Å². The molecule has 5 rings (SSSR count). The molecule has 154 valence electrons. The second kappa shape index (κ2) is 7.99. The number of carbonyl (C=O) groups excluding carboxylic acids is 1. The van der Waals surface area contributed by atoms with Crippen LogP contribution in [0, 0.1) is 0 Å². The molecule has 1 aliphatic rings. The van der Waals surface area contributed by atoms with E-state index in [-0.39, 0.29) is 5.91 Å². The second-order valence-corrected chi connectivity index (χ2v) is 7.40. The molecule has 0 aliphatic carbocycles. The molecule has 1 aromatic heterocycles. The van der Waals surface area contributed by atoms with Crippen LogP contribution in [0.5, 0.6) is 5.75 Å². The molecular weight excluding hydrogens is 388 g/mol. The first kappa shape index (κ1) is 18.9. The quantitative estimate of drug-likeness (QED) is 0.518. The highest BCUT2D eigenvalue weighted by atomic mass is 16.5. The molecule has 1 aliphatic heterocycles. The fourth-order valence-electron chi connectivity index (χ4n) is 3.94. The zero-order valence-corrected chi connectivity index (χ0v) is 17.1. The van der Waals surface area contributed by atoms with Gasteiger partial charge in [0.1, 0.15) is 11.9 Å². The number of hydrogen-bond donors (Lipinski definition) is 1. The van der Waals surface area contributed by atoms with Gasteiger partial charge in [-0.3, -0.25) is 14.4 Å². The Morgan fingerprint density at radius 2 is 1.71 bits per heavy atom. The summed E-state index contributed by atoms with van der Waals surface area (Å²) in [5.41, 5.74) is 4.19. The number of para-hydroxylation sites is 3. The Morgan fingerprint density at radius 1 is 0.968 bits per heavy atom. The van der Waals surface area contributed by atoms with E-state index in [1.807, 2.05) is 83.8 Å². The maximum atomic E-state index is 13.6. The summed E-state index contributed by atoms with van der Waals surface area (Å²) in [5.74, 6) is 0.554. The number of fused-ring (bicyclic) bond motifs is 1. The maximum Gasteiger partial charge on any atom is 0.262 e. The second-order valence-electron chi connectivity index (χ2n) is 7.40. The number of benzene rings is 3. The molecule has 6 nitrogen and oxygen atoms in total.